The normalized spacial score (nSPS) is 19.6. The van der Waals surface area contributed by atoms with Crippen LogP contribution in [-0.2, 0) is 16.1 Å². The highest BCUT2D eigenvalue weighted by molar-refractivity contribution is 7.99. The second-order valence-corrected chi connectivity index (χ2v) is 8.38. The number of thioether (sulfide) groups is 1. The quantitative estimate of drug-likeness (QED) is 0.416. The fourth-order valence-electron chi connectivity index (χ4n) is 3.73. The van der Waals surface area contributed by atoms with Crippen LogP contribution >= 0.6 is 11.8 Å². The summed E-state index contributed by atoms with van der Waals surface area (Å²) in [6, 6.07) is 7.61. The molecular formula is C21H29N3O3S. The van der Waals surface area contributed by atoms with Crippen LogP contribution in [0.4, 0.5) is 0 Å². The first-order chi connectivity index (χ1) is 13.6. The van der Waals surface area contributed by atoms with Crippen molar-refractivity contribution in [2.75, 3.05) is 19.5 Å². The molecule has 1 heterocycles. The zero-order valence-electron chi connectivity index (χ0n) is 16.6. The summed E-state index contributed by atoms with van der Waals surface area (Å²) in [4.78, 5) is 30.1. The second-order valence-electron chi connectivity index (χ2n) is 7.44. The minimum absolute atomic E-state index is 0.00889. The van der Waals surface area contributed by atoms with E-state index in [1.165, 1.54) is 31.0 Å². The predicted octanol–water partition coefficient (Wildman–Crippen LogP) is 3.22. The number of aromatic nitrogens is 2. The number of para-hydroxylation sites is 1. The van der Waals surface area contributed by atoms with Gasteiger partial charge in [-0.1, -0.05) is 43.7 Å². The van der Waals surface area contributed by atoms with Crippen molar-refractivity contribution in [3.8, 4) is 0 Å². The van der Waals surface area contributed by atoms with Crippen molar-refractivity contribution in [3.05, 3.63) is 34.6 Å². The summed E-state index contributed by atoms with van der Waals surface area (Å²) in [6.07, 6.45) is 5.36. The molecule has 6 nitrogen and oxygen atoms in total. The third-order valence-electron chi connectivity index (χ3n) is 5.35. The topological polar surface area (TPSA) is 73.2 Å². The summed E-state index contributed by atoms with van der Waals surface area (Å²) < 4.78 is 6.79. The standard InChI is InChI=1S/C21H29N3O3S/c1-15-8-3-5-10-17(15)22-19(25)14-28-21-23-18-11-6-4-9-16(18)20(26)24(21)12-7-13-27-2/h4,6,9,11,15,17H,3,5,7-8,10,12-14H2,1-2H3,(H,22,25). The van der Waals surface area contributed by atoms with Gasteiger partial charge in [-0.05, 0) is 37.3 Å². The molecule has 0 aliphatic heterocycles. The average Bonchev–Trinajstić information content (AvgIpc) is 2.70. The molecule has 1 aliphatic carbocycles. The van der Waals surface area contributed by atoms with Crippen LogP contribution in [0.1, 0.15) is 39.0 Å². The number of carbonyl (C=O) groups excluding carboxylic acids is 1. The number of carbonyl (C=O) groups is 1. The first-order valence-corrected chi connectivity index (χ1v) is 11.0. The summed E-state index contributed by atoms with van der Waals surface area (Å²) in [6.45, 7) is 3.30. The predicted molar refractivity (Wildman–Crippen MR) is 113 cm³/mol. The Balaban J connectivity index is 1.74. The molecule has 152 valence electrons. The van der Waals surface area contributed by atoms with E-state index >= 15 is 0 Å². The SMILES string of the molecule is COCCCn1c(SCC(=O)NC2CCCCC2C)nc2ccccc2c1=O. The molecule has 0 spiro atoms. The number of hydrogen-bond donors (Lipinski definition) is 1. The van der Waals surface area contributed by atoms with Crippen molar-refractivity contribution in [2.24, 2.45) is 5.92 Å². The Kier molecular flexibility index (Phi) is 7.50. The van der Waals surface area contributed by atoms with E-state index in [0.717, 1.165) is 12.8 Å². The number of rotatable bonds is 8. The highest BCUT2D eigenvalue weighted by Crippen LogP contribution is 2.24. The fraction of sp³-hybridized carbons (Fsp3) is 0.571. The molecule has 2 atom stereocenters. The lowest BCUT2D eigenvalue weighted by Gasteiger charge is -2.29. The van der Waals surface area contributed by atoms with E-state index in [1.807, 2.05) is 18.2 Å². The van der Waals surface area contributed by atoms with Crippen molar-refractivity contribution < 1.29 is 9.53 Å². The first kappa shape index (κ1) is 20.9. The maximum atomic E-state index is 12.9. The molecule has 1 saturated carbocycles. The van der Waals surface area contributed by atoms with Gasteiger partial charge < -0.3 is 10.1 Å². The Morgan fingerprint density at radius 2 is 2.11 bits per heavy atom. The fourth-order valence-corrected chi connectivity index (χ4v) is 4.57. The van der Waals surface area contributed by atoms with Gasteiger partial charge in [0.05, 0.1) is 16.7 Å². The highest BCUT2D eigenvalue weighted by Gasteiger charge is 2.23. The molecule has 1 aromatic carbocycles. The molecular weight excluding hydrogens is 374 g/mol. The molecule has 2 aromatic rings. The third-order valence-corrected chi connectivity index (χ3v) is 6.32. The van der Waals surface area contributed by atoms with Gasteiger partial charge in [0.1, 0.15) is 0 Å². The first-order valence-electron chi connectivity index (χ1n) is 10.0. The lowest BCUT2D eigenvalue weighted by Crippen LogP contribution is -2.42. The van der Waals surface area contributed by atoms with Crippen molar-refractivity contribution in [1.82, 2.24) is 14.9 Å². The molecule has 1 aliphatic rings. The van der Waals surface area contributed by atoms with Gasteiger partial charge in [-0.2, -0.15) is 0 Å². The zero-order valence-corrected chi connectivity index (χ0v) is 17.5. The van der Waals surface area contributed by atoms with Crippen LogP contribution in [0.3, 0.4) is 0 Å². The number of nitrogens with zero attached hydrogens (tertiary/aromatic N) is 2. The van der Waals surface area contributed by atoms with Crippen LogP contribution in [0.5, 0.6) is 0 Å². The smallest absolute Gasteiger partial charge is 0.262 e. The lowest BCUT2D eigenvalue weighted by atomic mass is 9.86. The van der Waals surface area contributed by atoms with Crippen LogP contribution in [0.15, 0.2) is 34.2 Å². The van der Waals surface area contributed by atoms with E-state index in [-0.39, 0.29) is 23.3 Å². The van der Waals surface area contributed by atoms with Crippen molar-refractivity contribution in [3.63, 3.8) is 0 Å². The summed E-state index contributed by atoms with van der Waals surface area (Å²) in [5.74, 6) is 0.793. The molecule has 3 rings (SSSR count). The molecule has 7 heteroatoms. The summed E-state index contributed by atoms with van der Waals surface area (Å²) >= 11 is 1.33. The van der Waals surface area contributed by atoms with E-state index in [1.54, 1.807) is 17.7 Å². The number of hydrogen-bond acceptors (Lipinski definition) is 5. The number of amides is 1. The van der Waals surface area contributed by atoms with E-state index in [2.05, 4.69) is 17.2 Å². The van der Waals surface area contributed by atoms with E-state index in [9.17, 15) is 9.59 Å². The van der Waals surface area contributed by atoms with Crippen molar-refractivity contribution >= 4 is 28.6 Å². The van der Waals surface area contributed by atoms with Gasteiger partial charge >= 0.3 is 0 Å². The van der Waals surface area contributed by atoms with E-state index < -0.39 is 0 Å². The van der Waals surface area contributed by atoms with Gasteiger partial charge in [-0.3, -0.25) is 14.2 Å². The number of methoxy groups -OCH3 is 1. The molecule has 0 saturated heterocycles. The van der Waals surface area contributed by atoms with Crippen LogP contribution in [0.25, 0.3) is 10.9 Å². The van der Waals surface area contributed by atoms with Crippen LogP contribution in [-0.4, -0.2) is 41.0 Å². The maximum absolute atomic E-state index is 12.9. The monoisotopic (exact) mass is 403 g/mol. The summed E-state index contributed by atoms with van der Waals surface area (Å²) in [5.41, 5.74) is 0.602. The Bertz CT molecular complexity index is 868. The van der Waals surface area contributed by atoms with Gasteiger partial charge in [0.15, 0.2) is 5.16 Å². The summed E-state index contributed by atoms with van der Waals surface area (Å²) in [7, 11) is 1.65. The molecule has 1 N–H and O–H groups in total. The number of fused-ring (bicyclic) bond motifs is 1. The molecule has 1 aromatic heterocycles. The van der Waals surface area contributed by atoms with Gasteiger partial charge in [0.25, 0.3) is 5.56 Å². The van der Waals surface area contributed by atoms with Gasteiger partial charge in [0, 0.05) is 26.3 Å². The van der Waals surface area contributed by atoms with Crippen molar-refractivity contribution in [2.45, 2.75) is 56.8 Å². The van der Waals surface area contributed by atoms with Gasteiger partial charge in [-0.15, -0.1) is 0 Å². The minimum Gasteiger partial charge on any atom is -0.385 e. The number of ether oxygens (including phenoxy) is 1. The highest BCUT2D eigenvalue weighted by atomic mass is 32.2. The van der Waals surface area contributed by atoms with Crippen LogP contribution in [0, 0.1) is 5.92 Å². The second kappa shape index (κ2) is 10.1. The van der Waals surface area contributed by atoms with E-state index in [0.29, 0.717) is 35.1 Å². The average molecular weight is 404 g/mol. The third kappa shape index (κ3) is 5.14. The molecule has 1 fully saturated rings. The molecule has 0 bridgehead atoms. The molecule has 1 amide bonds. The largest absolute Gasteiger partial charge is 0.385 e. The maximum Gasteiger partial charge on any atom is 0.262 e. The molecule has 0 radical (unpaired) electrons. The summed E-state index contributed by atoms with van der Waals surface area (Å²) in [5, 5.41) is 4.36. The van der Waals surface area contributed by atoms with Gasteiger partial charge in [0.2, 0.25) is 5.91 Å². The minimum atomic E-state index is -0.0643. The Labute approximate surface area is 170 Å². The lowest BCUT2D eigenvalue weighted by molar-refractivity contribution is -0.119. The van der Waals surface area contributed by atoms with Crippen LogP contribution < -0.4 is 10.9 Å². The Morgan fingerprint density at radius 1 is 1.32 bits per heavy atom. The molecule has 28 heavy (non-hydrogen) atoms. The van der Waals surface area contributed by atoms with Gasteiger partial charge in [-0.25, -0.2) is 4.98 Å². The number of nitrogens with one attached hydrogen (secondary N) is 1. The van der Waals surface area contributed by atoms with E-state index in [4.69, 9.17) is 4.74 Å². The van der Waals surface area contributed by atoms with Crippen LogP contribution in [0.2, 0.25) is 0 Å². The Morgan fingerprint density at radius 3 is 2.89 bits per heavy atom. The number of benzene rings is 1. The molecule has 2 unspecified atom stereocenters. The zero-order chi connectivity index (χ0) is 19.9. The Hall–Kier alpha value is -1.86. The van der Waals surface area contributed by atoms with Crippen molar-refractivity contribution in [1.29, 1.82) is 0 Å².